The summed E-state index contributed by atoms with van der Waals surface area (Å²) >= 11 is 0. The first-order valence-corrected chi connectivity index (χ1v) is 7.74. The third-order valence-corrected chi connectivity index (χ3v) is 4.50. The van der Waals surface area contributed by atoms with Crippen LogP contribution < -0.4 is 10.0 Å². The van der Waals surface area contributed by atoms with Crippen LogP contribution in [-0.4, -0.2) is 31.7 Å². The van der Waals surface area contributed by atoms with E-state index in [1.165, 1.54) is 12.1 Å². The Kier molecular flexibility index (Phi) is 4.95. The number of nitrogens with one attached hydrogen (secondary N) is 2. The molecule has 0 aliphatic heterocycles. The molecule has 0 saturated carbocycles. The topological polar surface area (TPSA) is 78.4 Å². The van der Waals surface area contributed by atoms with Gasteiger partial charge < -0.3 is 10.4 Å². The van der Waals surface area contributed by atoms with Crippen LogP contribution in [0, 0.1) is 0 Å². The third-order valence-electron chi connectivity index (χ3n) is 2.94. The number of anilines is 1. The summed E-state index contributed by atoms with van der Waals surface area (Å²) in [5, 5.41) is 13.0. The fourth-order valence-corrected chi connectivity index (χ4v) is 2.47. The van der Waals surface area contributed by atoms with Crippen LogP contribution in [0.3, 0.4) is 0 Å². The minimum absolute atomic E-state index is 0.149. The van der Waals surface area contributed by atoms with Gasteiger partial charge in [-0.2, -0.15) is 0 Å². The van der Waals surface area contributed by atoms with Gasteiger partial charge in [0.05, 0.1) is 16.5 Å². The van der Waals surface area contributed by atoms with Gasteiger partial charge in [-0.25, -0.2) is 13.1 Å². The molecule has 1 unspecified atom stereocenters. The predicted molar refractivity (Wildman–Crippen MR) is 76.7 cm³/mol. The van der Waals surface area contributed by atoms with Gasteiger partial charge in [0.1, 0.15) is 0 Å². The van der Waals surface area contributed by atoms with E-state index in [1.807, 2.05) is 6.92 Å². The van der Waals surface area contributed by atoms with E-state index < -0.39 is 15.6 Å². The molecule has 1 aromatic rings. The average Bonchev–Trinajstić information content (AvgIpc) is 2.28. The van der Waals surface area contributed by atoms with Crippen LogP contribution in [-0.2, 0) is 10.0 Å². The molecule has 0 aromatic heterocycles. The van der Waals surface area contributed by atoms with Gasteiger partial charge in [0.2, 0.25) is 10.0 Å². The van der Waals surface area contributed by atoms with Crippen molar-refractivity contribution >= 4 is 15.7 Å². The normalized spacial score (nSPS) is 14.2. The molecule has 108 valence electrons. The van der Waals surface area contributed by atoms with E-state index in [0.717, 1.165) is 5.69 Å². The average molecular weight is 286 g/mol. The standard InChI is InChI=1S/C13H22N2O3S/c1-5-14-19(17,18)12-8-6-11(7-9-12)15-10(2)13(3,4)16/h6-10,14-16H,5H2,1-4H3. The molecule has 0 heterocycles. The summed E-state index contributed by atoms with van der Waals surface area (Å²) in [6.45, 7) is 7.39. The number of benzene rings is 1. The molecule has 0 fully saturated rings. The molecule has 0 amide bonds. The van der Waals surface area contributed by atoms with Crippen LogP contribution in [0.2, 0.25) is 0 Å². The van der Waals surface area contributed by atoms with Gasteiger partial charge in [-0.05, 0) is 45.0 Å². The zero-order chi connectivity index (χ0) is 14.7. The van der Waals surface area contributed by atoms with Gasteiger partial charge in [-0.1, -0.05) is 6.92 Å². The summed E-state index contributed by atoms with van der Waals surface area (Å²) < 4.78 is 25.9. The molecule has 0 saturated heterocycles. The lowest BCUT2D eigenvalue weighted by atomic mass is 10.0. The van der Waals surface area contributed by atoms with Gasteiger partial charge in [0, 0.05) is 12.2 Å². The maximum absolute atomic E-state index is 11.8. The van der Waals surface area contributed by atoms with E-state index in [0.29, 0.717) is 6.54 Å². The number of sulfonamides is 1. The molecule has 19 heavy (non-hydrogen) atoms. The Hall–Kier alpha value is -1.11. The molecule has 0 aliphatic carbocycles. The Morgan fingerprint density at radius 3 is 2.21 bits per heavy atom. The van der Waals surface area contributed by atoms with Crippen molar-refractivity contribution in [2.24, 2.45) is 0 Å². The molecule has 3 N–H and O–H groups in total. The fraction of sp³-hybridized carbons (Fsp3) is 0.538. The maximum atomic E-state index is 11.8. The van der Waals surface area contributed by atoms with Gasteiger partial charge in [0.15, 0.2) is 0 Å². The molecule has 5 nitrogen and oxygen atoms in total. The van der Waals surface area contributed by atoms with Crippen molar-refractivity contribution < 1.29 is 13.5 Å². The quantitative estimate of drug-likeness (QED) is 0.741. The van der Waals surface area contributed by atoms with Gasteiger partial charge >= 0.3 is 0 Å². The van der Waals surface area contributed by atoms with Crippen LogP contribution >= 0.6 is 0 Å². The summed E-state index contributed by atoms with van der Waals surface area (Å²) in [6.07, 6.45) is 0. The Morgan fingerprint density at radius 1 is 1.26 bits per heavy atom. The van der Waals surface area contributed by atoms with E-state index in [-0.39, 0.29) is 10.9 Å². The van der Waals surface area contributed by atoms with Crippen LogP contribution in [0.25, 0.3) is 0 Å². The molecular weight excluding hydrogens is 264 g/mol. The minimum atomic E-state index is -3.41. The highest BCUT2D eigenvalue weighted by molar-refractivity contribution is 7.89. The molecule has 0 spiro atoms. The Labute approximate surface area is 115 Å². The molecule has 1 atom stereocenters. The second kappa shape index (κ2) is 5.90. The maximum Gasteiger partial charge on any atom is 0.240 e. The van der Waals surface area contributed by atoms with E-state index in [1.54, 1.807) is 32.9 Å². The van der Waals surface area contributed by atoms with Gasteiger partial charge in [0.25, 0.3) is 0 Å². The van der Waals surface area contributed by atoms with Crippen LogP contribution in [0.1, 0.15) is 27.7 Å². The summed E-state index contributed by atoms with van der Waals surface area (Å²) in [4.78, 5) is 0.232. The van der Waals surface area contributed by atoms with E-state index in [9.17, 15) is 13.5 Å². The second-order valence-electron chi connectivity index (χ2n) is 5.05. The first-order valence-electron chi connectivity index (χ1n) is 6.25. The van der Waals surface area contributed by atoms with Crippen molar-refractivity contribution in [2.45, 2.75) is 44.2 Å². The molecule has 1 aromatic carbocycles. The second-order valence-corrected chi connectivity index (χ2v) is 6.81. The van der Waals surface area contributed by atoms with Crippen LogP contribution in [0.15, 0.2) is 29.2 Å². The summed E-state index contributed by atoms with van der Waals surface area (Å²) in [5.41, 5.74) is -0.0841. The van der Waals surface area contributed by atoms with E-state index in [2.05, 4.69) is 10.0 Å². The predicted octanol–water partition coefficient (Wildman–Crippen LogP) is 1.56. The summed E-state index contributed by atoms with van der Waals surface area (Å²) in [7, 11) is -3.41. The smallest absolute Gasteiger partial charge is 0.240 e. The first-order chi connectivity index (χ1) is 8.66. The Balaban J connectivity index is 2.83. The third kappa shape index (κ3) is 4.49. The van der Waals surface area contributed by atoms with Crippen molar-refractivity contribution in [2.75, 3.05) is 11.9 Å². The summed E-state index contributed by atoms with van der Waals surface area (Å²) in [5.74, 6) is 0. The lowest BCUT2D eigenvalue weighted by Crippen LogP contribution is -2.39. The lowest BCUT2D eigenvalue weighted by Gasteiger charge is -2.27. The molecular formula is C13H22N2O3S. The fourth-order valence-electron chi connectivity index (χ4n) is 1.43. The molecule has 0 radical (unpaired) electrons. The summed E-state index contributed by atoms with van der Waals surface area (Å²) in [6, 6.07) is 6.30. The highest BCUT2D eigenvalue weighted by Gasteiger charge is 2.22. The Bertz CT molecular complexity index is 504. The molecule has 6 heteroatoms. The van der Waals surface area contributed by atoms with Crippen LogP contribution in [0.5, 0.6) is 0 Å². The minimum Gasteiger partial charge on any atom is -0.388 e. The van der Waals surface area contributed by atoms with E-state index in [4.69, 9.17) is 0 Å². The van der Waals surface area contributed by atoms with Crippen molar-refractivity contribution in [1.29, 1.82) is 0 Å². The van der Waals surface area contributed by atoms with Crippen molar-refractivity contribution in [3.05, 3.63) is 24.3 Å². The SMILES string of the molecule is CCNS(=O)(=O)c1ccc(NC(C)C(C)(C)O)cc1. The number of hydrogen-bond donors (Lipinski definition) is 3. The van der Waals surface area contributed by atoms with Crippen molar-refractivity contribution in [3.63, 3.8) is 0 Å². The molecule has 0 aliphatic rings. The molecule has 1 rings (SSSR count). The highest BCUT2D eigenvalue weighted by Crippen LogP contribution is 2.18. The monoisotopic (exact) mass is 286 g/mol. The number of hydrogen-bond acceptors (Lipinski definition) is 4. The largest absolute Gasteiger partial charge is 0.388 e. The van der Waals surface area contributed by atoms with Gasteiger partial charge in [-0.3, -0.25) is 0 Å². The number of aliphatic hydroxyl groups is 1. The van der Waals surface area contributed by atoms with E-state index >= 15 is 0 Å². The van der Waals surface area contributed by atoms with Gasteiger partial charge in [-0.15, -0.1) is 0 Å². The highest BCUT2D eigenvalue weighted by atomic mass is 32.2. The Morgan fingerprint density at radius 2 is 1.79 bits per heavy atom. The zero-order valence-corrected chi connectivity index (χ0v) is 12.6. The number of rotatable bonds is 6. The molecule has 0 bridgehead atoms. The van der Waals surface area contributed by atoms with Crippen molar-refractivity contribution in [3.8, 4) is 0 Å². The zero-order valence-electron chi connectivity index (χ0n) is 11.8. The van der Waals surface area contributed by atoms with Crippen LogP contribution in [0.4, 0.5) is 5.69 Å². The first kappa shape index (κ1) is 15.9. The van der Waals surface area contributed by atoms with Crippen molar-refractivity contribution in [1.82, 2.24) is 4.72 Å². The lowest BCUT2D eigenvalue weighted by molar-refractivity contribution is 0.0649.